The Balaban J connectivity index is 1.77. The molecule has 0 unspecified atom stereocenters. The summed E-state index contributed by atoms with van der Waals surface area (Å²) in [4.78, 5) is 14.5. The van der Waals surface area contributed by atoms with Crippen molar-refractivity contribution in [2.45, 2.75) is 31.6 Å². The number of thioether (sulfide) groups is 1. The zero-order valence-corrected chi connectivity index (χ0v) is 16.4. The molecule has 0 aromatic heterocycles. The molecule has 0 aliphatic carbocycles. The molecule has 1 aliphatic rings. The van der Waals surface area contributed by atoms with Crippen molar-refractivity contribution in [3.8, 4) is 5.75 Å². The van der Waals surface area contributed by atoms with Gasteiger partial charge in [0.05, 0.1) is 25.1 Å². The van der Waals surface area contributed by atoms with Gasteiger partial charge < -0.3 is 4.74 Å². The van der Waals surface area contributed by atoms with Crippen LogP contribution in [0.1, 0.15) is 30.9 Å². The molecule has 2 aromatic carbocycles. The Morgan fingerprint density at radius 1 is 1.15 bits per heavy atom. The van der Waals surface area contributed by atoms with Crippen molar-refractivity contribution in [1.82, 2.24) is 4.90 Å². The molecule has 1 aliphatic heterocycles. The third-order valence-corrected chi connectivity index (χ3v) is 5.46. The van der Waals surface area contributed by atoms with E-state index in [0.29, 0.717) is 11.7 Å². The maximum Gasteiger partial charge on any atom is 0.242 e. The Labute approximate surface area is 164 Å². The largest absolute Gasteiger partial charge is 0.497 e. The number of carbonyl (C=O) groups excluding carboxylic acids is 1. The second-order valence-corrected chi connectivity index (χ2v) is 7.38. The number of rotatable bonds is 7. The fraction of sp³-hybridized carbons (Fsp3) is 0.286. The predicted molar refractivity (Wildman–Crippen MR) is 111 cm³/mol. The summed E-state index contributed by atoms with van der Waals surface area (Å²) in [6.45, 7) is 2.61. The molecule has 0 spiro atoms. The van der Waals surface area contributed by atoms with Gasteiger partial charge in [0.25, 0.3) is 0 Å². The summed E-state index contributed by atoms with van der Waals surface area (Å²) >= 11 is 1.50. The molecule has 140 valence electrons. The lowest BCUT2D eigenvalue weighted by molar-refractivity contribution is -0.126. The van der Waals surface area contributed by atoms with Crippen LogP contribution in [-0.4, -0.2) is 34.5 Å². The molecule has 0 bridgehead atoms. The predicted octanol–water partition coefficient (Wildman–Crippen LogP) is 4.33. The van der Waals surface area contributed by atoms with Gasteiger partial charge in [-0.15, -0.1) is 5.10 Å². The van der Waals surface area contributed by atoms with Gasteiger partial charge in [-0.2, -0.15) is 5.10 Å². The van der Waals surface area contributed by atoms with Crippen LogP contribution in [0.15, 0.2) is 64.8 Å². The minimum Gasteiger partial charge on any atom is -0.497 e. The number of hydrogen-bond acceptors (Lipinski definition) is 5. The Morgan fingerprint density at radius 3 is 2.56 bits per heavy atom. The molecule has 6 heteroatoms. The highest BCUT2D eigenvalue weighted by molar-refractivity contribution is 8.15. The number of hydrogen-bond donors (Lipinski definition) is 0. The quantitative estimate of drug-likeness (QED) is 0.530. The summed E-state index contributed by atoms with van der Waals surface area (Å²) < 4.78 is 5.15. The molecule has 27 heavy (non-hydrogen) atoms. The van der Waals surface area contributed by atoms with Crippen molar-refractivity contribution < 1.29 is 9.53 Å². The van der Waals surface area contributed by atoms with E-state index in [1.165, 1.54) is 11.8 Å². The van der Waals surface area contributed by atoms with Crippen LogP contribution in [0, 0.1) is 0 Å². The van der Waals surface area contributed by atoms with Gasteiger partial charge in [-0.25, -0.2) is 0 Å². The molecule has 1 amide bonds. The topological polar surface area (TPSA) is 54.3 Å². The van der Waals surface area contributed by atoms with Crippen LogP contribution in [0.25, 0.3) is 0 Å². The van der Waals surface area contributed by atoms with Crippen LogP contribution in [0.3, 0.4) is 0 Å². The molecule has 2 aromatic rings. The maximum absolute atomic E-state index is 12.8. The fourth-order valence-corrected chi connectivity index (χ4v) is 3.99. The Kier molecular flexibility index (Phi) is 6.65. The average molecular weight is 382 g/mol. The Bertz CT molecular complexity index is 819. The third kappa shape index (κ3) is 4.98. The lowest BCUT2D eigenvalue weighted by Crippen LogP contribution is -2.31. The van der Waals surface area contributed by atoms with E-state index in [1.807, 2.05) is 54.6 Å². The monoisotopic (exact) mass is 381 g/mol. The summed E-state index contributed by atoms with van der Waals surface area (Å²) in [6.07, 6.45) is 3.49. The molecule has 5 nitrogen and oxygen atoms in total. The van der Waals surface area contributed by atoms with Gasteiger partial charge in [0.15, 0.2) is 5.17 Å². The van der Waals surface area contributed by atoms with Crippen molar-refractivity contribution in [2.24, 2.45) is 10.2 Å². The highest BCUT2D eigenvalue weighted by Gasteiger charge is 2.37. The SMILES string of the molecule is CCC[C@@H]1S/C(=N/N=C\c2ccc(OC)cc2)N(Cc2ccccc2)C1=O. The Hall–Kier alpha value is -2.60. The van der Waals surface area contributed by atoms with E-state index in [9.17, 15) is 4.79 Å². The van der Waals surface area contributed by atoms with Crippen molar-refractivity contribution in [3.05, 3.63) is 65.7 Å². The summed E-state index contributed by atoms with van der Waals surface area (Å²) in [7, 11) is 1.64. The first-order chi connectivity index (χ1) is 13.2. The summed E-state index contributed by atoms with van der Waals surface area (Å²) in [5.74, 6) is 0.913. The second kappa shape index (κ2) is 9.37. The maximum atomic E-state index is 12.8. The number of carbonyl (C=O) groups is 1. The molecule has 3 rings (SSSR count). The number of amides is 1. The van der Waals surface area contributed by atoms with Crippen molar-refractivity contribution in [3.63, 3.8) is 0 Å². The van der Waals surface area contributed by atoms with Gasteiger partial charge in [-0.05, 0) is 41.8 Å². The third-order valence-electron chi connectivity index (χ3n) is 4.22. The fourth-order valence-electron chi connectivity index (χ4n) is 2.78. The van der Waals surface area contributed by atoms with E-state index in [0.717, 1.165) is 29.7 Å². The number of nitrogens with zero attached hydrogens (tertiary/aromatic N) is 3. The molecule has 0 radical (unpaired) electrons. The van der Waals surface area contributed by atoms with Gasteiger partial charge in [-0.1, -0.05) is 55.4 Å². The minimum atomic E-state index is -0.0753. The van der Waals surface area contributed by atoms with Gasteiger partial charge in [0.1, 0.15) is 5.75 Å². The average Bonchev–Trinajstić information content (AvgIpc) is 2.99. The molecule has 1 fully saturated rings. The van der Waals surface area contributed by atoms with Crippen LogP contribution in [0.4, 0.5) is 0 Å². The molecule has 1 atom stereocenters. The number of methoxy groups -OCH3 is 1. The van der Waals surface area contributed by atoms with E-state index in [2.05, 4.69) is 17.1 Å². The molecule has 0 saturated carbocycles. The lowest BCUT2D eigenvalue weighted by Gasteiger charge is -2.15. The van der Waals surface area contributed by atoms with Gasteiger partial charge >= 0.3 is 0 Å². The summed E-state index contributed by atoms with van der Waals surface area (Å²) in [5, 5.41) is 9.14. The van der Waals surface area contributed by atoms with Crippen LogP contribution >= 0.6 is 11.8 Å². The highest BCUT2D eigenvalue weighted by Crippen LogP contribution is 2.31. The van der Waals surface area contributed by atoms with E-state index >= 15 is 0 Å². The van der Waals surface area contributed by atoms with Gasteiger partial charge in [-0.3, -0.25) is 9.69 Å². The van der Waals surface area contributed by atoms with E-state index < -0.39 is 0 Å². The standard InChI is InChI=1S/C21H23N3O2S/c1-3-7-19-20(25)24(15-17-8-5-4-6-9-17)21(27-19)23-22-14-16-10-12-18(26-2)13-11-16/h4-6,8-14,19H,3,7,15H2,1-2H3/b22-14-,23-21+/t19-/m0/s1. The molecule has 0 N–H and O–H groups in total. The van der Waals surface area contributed by atoms with E-state index in [4.69, 9.17) is 4.74 Å². The zero-order chi connectivity index (χ0) is 19.1. The first-order valence-corrected chi connectivity index (χ1v) is 9.86. The molecular weight excluding hydrogens is 358 g/mol. The van der Waals surface area contributed by atoms with Crippen LogP contribution < -0.4 is 4.74 Å². The minimum absolute atomic E-state index is 0.0753. The molecule has 1 saturated heterocycles. The second-order valence-electron chi connectivity index (χ2n) is 6.21. The smallest absolute Gasteiger partial charge is 0.242 e. The van der Waals surface area contributed by atoms with Crippen LogP contribution in [0.2, 0.25) is 0 Å². The van der Waals surface area contributed by atoms with Crippen molar-refractivity contribution in [1.29, 1.82) is 0 Å². The van der Waals surface area contributed by atoms with Crippen molar-refractivity contribution in [2.75, 3.05) is 7.11 Å². The number of amidine groups is 1. The zero-order valence-electron chi connectivity index (χ0n) is 15.5. The summed E-state index contributed by atoms with van der Waals surface area (Å²) in [6, 6.07) is 17.5. The normalized spacial score (nSPS) is 18.6. The van der Waals surface area contributed by atoms with Crippen LogP contribution in [0.5, 0.6) is 5.75 Å². The van der Waals surface area contributed by atoms with Crippen molar-refractivity contribution >= 4 is 29.1 Å². The van der Waals surface area contributed by atoms with E-state index in [1.54, 1.807) is 18.2 Å². The highest BCUT2D eigenvalue weighted by atomic mass is 32.2. The van der Waals surface area contributed by atoms with Gasteiger partial charge in [0, 0.05) is 0 Å². The first-order valence-electron chi connectivity index (χ1n) is 8.98. The van der Waals surface area contributed by atoms with E-state index in [-0.39, 0.29) is 11.2 Å². The molecule has 1 heterocycles. The van der Waals surface area contributed by atoms with Gasteiger partial charge in [0.2, 0.25) is 5.91 Å². The summed E-state index contributed by atoms with van der Waals surface area (Å²) in [5.41, 5.74) is 2.00. The lowest BCUT2D eigenvalue weighted by atomic mass is 10.2. The number of benzene rings is 2. The number of ether oxygens (including phenoxy) is 1. The Morgan fingerprint density at radius 2 is 1.89 bits per heavy atom. The van der Waals surface area contributed by atoms with Crippen LogP contribution in [-0.2, 0) is 11.3 Å². The molecular formula is C21H23N3O2S. The first kappa shape index (κ1) is 19.2.